The smallest absolute Gasteiger partial charge is 0.0568 e. The molecule has 0 radical (unpaired) electrons. The lowest BCUT2D eigenvalue weighted by Crippen LogP contribution is -2.19. The first-order valence-electron chi connectivity index (χ1n) is 5.72. The van der Waals surface area contributed by atoms with Crippen LogP contribution in [0.5, 0.6) is 0 Å². The van der Waals surface area contributed by atoms with Gasteiger partial charge in [0.25, 0.3) is 0 Å². The maximum Gasteiger partial charge on any atom is 0.0568 e. The predicted molar refractivity (Wildman–Crippen MR) is 73.8 cm³/mol. The fourth-order valence-corrected chi connectivity index (χ4v) is 3.10. The van der Waals surface area contributed by atoms with Crippen LogP contribution in [-0.2, 0) is 0 Å². The first kappa shape index (κ1) is 11.5. The maximum absolute atomic E-state index is 5.76. The Morgan fingerprint density at radius 3 is 2.62 bits per heavy atom. The average Bonchev–Trinajstić information content (AvgIpc) is 2.32. The van der Waals surface area contributed by atoms with Gasteiger partial charge in [-0.15, -0.1) is 0 Å². The van der Waals surface area contributed by atoms with Gasteiger partial charge in [0, 0.05) is 12.2 Å². The fourth-order valence-electron chi connectivity index (χ4n) is 1.90. The third-order valence-electron chi connectivity index (χ3n) is 3.02. The Balaban J connectivity index is 1.86. The summed E-state index contributed by atoms with van der Waals surface area (Å²) >= 11 is 2.06. The number of hydrogen-bond acceptors (Lipinski definition) is 4. The highest BCUT2D eigenvalue weighted by Crippen LogP contribution is 2.24. The standard InChI is InChI=1S/C12H19N3S/c13-11-2-1-10(7-12(11)14)15-8-9-3-5-16-6-4-9/h1-2,7,9,15H,3-6,8,13-14H2. The van der Waals surface area contributed by atoms with Gasteiger partial charge < -0.3 is 16.8 Å². The van der Waals surface area contributed by atoms with E-state index in [4.69, 9.17) is 11.5 Å². The molecule has 0 saturated carbocycles. The van der Waals surface area contributed by atoms with Crippen LogP contribution in [0.15, 0.2) is 18.2 Å². The molecule has 1 aromatic rings. The number of rotatable bonds is 3. The van der Waals surface area contributed by atoms with E-state index in [9.17, 15) is 0 Å². The zero-order chi connectivity index (χ0) is 11.4. The highest BCUT2D eigenvalue weighted by molar-refractivity contribution is 7.99. The molecular weight excluding hydrogens is 218 g/mol. The van der Waals surface area contributed by atoms with Gasteiger partial charge in [-0.3, -0.25) is 0 Å². The quantitative estimate of drug-likeness (QED) is 0.706. The molecule has 4 heteroatoms. The van der Waals surface area contributed by atoms with Crippen molar-refractivity contribution in [2.75, 3.05) is 34.8 Å². The number of nitrogens with one attached hydrogen (secondary N) is 1. The Labute approximate surface area is 101 Å². The van der Waals surface area contributed by atoms with Gasteiger partial charge in [-0.05, 0) is 48.5 Å². The van der Waals surface area contributed by atoms with Crippen LogP contribution in [0.25, 0.3) is 0 Å². The molecule has 1 aliphatic heterocycles. The van der Waals surface area contributed by atoms with Crippen molar-refractivity contribution in [2.45, 2.75) is 12.8 Å². The number of benzene rings is 1. The third kappa shape index (κ3) is 2.98. The molecule has 3 nitrogen and oxygen atoms in total. The molecule has 0 unspecified atom stereocenters. The van der Waals surface area contributed by atoms with E-state index in [0.29, 0.717) is 11.4 Å². The number of anilines is 3. The molecule has 1 heterocycles. The second-order valence-corrected chi connectivity index (χ2v) is 5.51. The van der Waals surface area contributed by atoms with Crippen LogP contribution in [0.1, 0.15) is 12.8 Å². The van der Waals surface area contributed by atoms with E-state index in [0.717, 1.165) is 18.2 Å². The summed E-state index contributed by atoms with van der Waals surface area (Å²) in [6.45, 7) is 1.05. The van der Waals surface area contributed by atoms with Crippen molar-refractivity contribution in [3.63, 3.8) is 0 Å². The summed E-state index contributed by atoms with van der Waals surface area (Å²) in [5.41, 5.74) is 13.8. The minimum Gasteiger partial charge on any atom is -0.397 e. The minimum atomic E-state index is 0.652. The van der Waals surface area contributed by atoms with Gasteiger partial charge in [0.05, 0.1) is 11.4 Å². The molecule has 1 aliphatic rings. The summed E-state index contributed by atoms with van der Waals surface area (Å²) in [6.07, 6.45) is 2.64. The van der Waals surface area contributed by atoms with Gasteiger partial charge in [0.15, 0.2) is 0 Å². The summed E-state index contributed by atoms with van der Waals surface area (Å²) in [5.74, 6) is 3.41. The van der Waals surface area contributed by atoms with Crippen LogP contribution in [-0.4, -0.2) is 18.1 Å². The summed E-state index contributed by atoms with van der Waals surface area (Å²) in [7, 11) is 0. The Hall–Kier alpha value is -1.03. The molecule has 0 bridgehead atoms. The van der Waals surface area contributed by atoms with E-state index in [1.165, 1.54) is 24.3 Å². The molecular formula is C12H19N3S. The zero-order valence-corrected chi connectivity index (χ0v) is 10.2. The first-order chi connectivity index (χ1) is 7.75. The molecule has 1 saturated heterocycles. The van der Waals surface area contributed by atoms with E-state index in [1.807, 2.05) is 18.2 Å². The zero-order valence-electron chi connectivity index (χ0n) is 9.41. The van der Waals surface area contributed by atoms with Gasteiger partial charge in [0.1, 0.15) is 0 Å². The average molecular weight is 237 g/mol. The Morgan fingerprint density at radius 1 is 1.19 bits per heavy atom. The lowest BCUT2D eigenvalue weighted by molar-refractivity contribution is 0.516. The van der Waals surface area contributed by atoms with Crippen LogP contribution in [0.2, 0.25) is 0 Å². The summed E-state index contributed by atoms with van der Waals surface area (Å²) in [4.78, 5) is 0. The largest absolute Gasteiger partial charge is 0.397 e. The van der Waals surface area contributed by atoms with E-state index in [2.05, 4.69) is 17.1 Å². The Kier molecular flexibility index (Phi) is 3.83. The van der Waals surface area contributed by atoms with Crippen molar-refractivity contribution >= 4 is 28.8 Å². The molecule has 0 amide bonds. The van der Waals surface area contributed by atoms with Crippen molar-refractivity contribution in [1.29, 1.82) is 0 Å². The molecule has 0 atom stereocenters. The maximum atomic E-state index is 5.76. The van der Waals surface area contributed by atoms with Gasteiger partial charge in [-0.2, -0.15) is 11.8 Å². The van der Waals surface area contributed by atoms with Gasteiger partial charge in [-0.1, -0.05) is 0 Å². The molecule has 1 aromatic carbocycles. The lowest BCUT2D eigenvalue weighted by atomic mass is 10.0. The van der Waals surface area contributed by atoms with Crippen LogP contribution in [0.4, 0.5) is 17.1 Å². The highest BCUT2D eigenvalue weighted by atomic mass is 32.2. The Bertz CT molecular complexity index is 348. The Morgan fingerprint density at radius 2 is 1.94 bits per heavy atom. The summed E-state index contributed by atoms with van der Waals surface area (Å²) in [5, 5.41) is 3.44. The van der Waals surface area contributed by atoms with Gasteiger partial charge in [-0.25, -0.2) is 0 Å². The van der Waals surface area contributed by atoms with Crippen LogP contribution in [0, 0.1) is 5.92 Å². The molecule has 1 fully saturated rings. The molecule has 5 N–H and O–H groups in total. The first-order valence-corrected chi connectivity index (χ1v) is 6.88. The number of nitrogens with two attached hydrogens (primary N) is 2. The van der Waals surface area contributed by atoms with E-state index in [-0.39, 0.29) is 0 Å². The van der Waals surface area contributed by atoms with Crippen LogP contribution >= 0.6 is 11.8 Å². The predicted octanol–water partition coefficient (Wildman–Crippen LogP) is 2.41. The fraction of sp³-hybridized carbons (Fsp3) is 0.500. The summed E-state index contributed by atoms with van der Waals surface area (Å²) in [6, 6.07) is 5.75. The normalized spacial score (nSPS) is 17.2. The molecule has 16 heavy (non-hydrogen) atoms. The molecule has 0 aliphatic carbocycles. The van der Waals surface area contributed by atoms with Gasteiger partial charge in [0.2, 0.25) is 0 Å². The van der Waals surface area contributed by atoms with E-state index >= 15 is 0 Å². The number of hydrogen-bond donors (Lipinski definition) is 3. The van der Waals surface area contributed by atoms with Crippen molar-refractivity contribution in [3.05, 3.63) is 18.2 Å². The molecule has 0 aromatic heterocycles. The minimum absolute atomic E-state index is 0.652. The molecule has 88 valence electrons. The molecule has 2 rings (SSSR count). The van der Waals surface area contributed by atoms with Crippen molar-refractivity contribution in [3.8, 4) is 0 Å². The van der Waals surface area contributed by atoms with E-state index in [1.54, 1.807) is 0 Å². The lowest BCUT2D eigenvalue weighted by Gasteiger charge is -2.22. The number of thioether (sulfide) groups is 1. The SMILES string of the molecule is Nc1ccc(NCC2CCSCC2)cc1N. The second-order valence-electron chi connectivity index (χ2n) is 4.28. The highest BCUT2D eigenvalue weighted by Gasteiger charge is 2.13. The summed E-state index contributed by atoms with van der Waals surface area (Å²) < 4.78 is 0. The van der Waals surface area contributed by atoms with Crippen LogP contribution in [0.3, 0.4) is 0 Å². The van der Waals surface area contributed by atoms with Crippen molar-refractivity contribution < 1.29 is 0 Å². The van der Waals surface area contributed by atoms with Gasteiger partial charge >= 0.3 is 0 Å². The number of nitrogen functional groups attached to an aromatic ring is 2. The van der Waals surface area contributed by atoms with Crippen LogP contribution < -0.4 is 16.8 Å². The molecule has 0 spiro atoms. The van der Waals surface area contributed by atoms with E-state index < -0.39 is 0 Å². The van der Waals surface area contributed by atoms with Crippen molar-refractivity contribution in [1.82, 2.24) is 0 Å². The third-order valence-corrected chi connectivity index (χ3v) is 4.07. The van der Waals surface area contributed by atoms with Crippen molar-refractivity contribution in [2.24, 2.45) is 5.92 Å². The monoisotopic (exact) mass is 237 g/mol. The topological polar surface area (TPSA) is 64.1 Å². The second kappa shape index (κ2) is 5.34.